The van der Waals surface area contributed by atoms with Crippen LogP contribution in [-0.2, 0) is 9.59 Å². The zero-order valence-corrected chi connectivity index (χ0v) is 7.75. The highest BCUT2D eigenvalue weighted by Crippen LogP contribution is 1.82. The van der Waals surface area contributed by atoms with Crippen LogP contribution in [0.2, 0.25) is 0 Å². The Morgan fingerprint density at radius 1 is 1.46 bits per heavy atom. The number of nitrogens with one attached hydrogen (secondary N) is 1. The average molecular weight is 185 g/mol. The molecule has 0 saturated carbocycles. The number of hydrogen-bond donors (Lipinski definition) is 2. The lowest BCUT2D eigenvalue weighted by atomic mass is 10.3. The third kappa shape index (κ3) is 8.75. The SMILES string of the molecule is CCC(=O)/C=C/CNCCC(=O)O. The topological polar surface area (TPSA) is 66.4 Å². The largest absolute Gasteiger partial charge is 0.481 e. The summed E-state index contributed by atoms with van der Waals surface area (Å²) in [6.07, 6.45) is 3.82. The summed E-state index contributed by atoms with van der Waals surface area (Å²) in [5, 5.41) is 11.2. The van der Waals surface area contributed by atoms with E-state index < -0.39 is 5.97 Å². The maximum atomic E-state index is 10.7. The standard InChI is InChI=1S/C9H15NO3/c1-2-8(11)4-3-6-10-7-5-9(12)13/h3-4,10H,2,5-7H2,1H3,(H,12,13)/b4-3+. The Balaban J connectivity index is 3.30. The highest BCUT2D eigenvalue weighted by atomic mass is 16.4. The molecular weight excluding hydrogens is 170 g/mol. The predicted molar refractivity (Wildman–Crippen MR) is 49.6 cm³/mol. The molecule has 0 aliphatic heterocycles. The average Bonchev–Trinajstić information content (AvgIpc) is 2.10. The van der Waals surface area contributed by atoms with Crippen LogP contribution >= 0.6 is 0 Å². The predicted octanol–water partition coefficient (Wildman–Crippen LogP) is 0.586. The Morgan fingerprint density at radius 2 is 2.15 bits per heavy atom. The number of carboxylic acid groups (broad SMARTS) is 1. The van der Waals surface area contributed by atoms with Crippen LogP contribution in [0.5, 0.6) is 0 Å². The van der Waals surface area contributed by atoms with E-state index in [1.54, 1.807) is 13.0 Å². The minimum atomic E-state index is -0.818. The van der Waals surface area contributed by atoms with Gasteiger partial charge in [-0.1, -0.05) is 13.0 Å². The van der Waals surface area contributed by atoms with Gasteiger partial charge in [0, 0.05) is 19.5 Å². The summed E-state index contributed by atoms with van der Waals surface area (Å²) in [6, 6.07) is 0. The first-order valence-electron chi connectivity index (χ1n) is 4.28. The van der Waals surface area contributed by atoms with Crippen LogP contribution in [0.3, 0.4) is 0 Å². The molecule has 0 aliphatic rings. The molecule has 0 fully saturated rings. The summed E-state index contributed by atoms with van der Waals surface area (Å²) < 4.78 is 0. The zero-order valence-electron chi connectivity index (χ0n) is 7.75. The zero-order chi connectivity index (χ0) is 10.1. The van der Waals surface area contributed by atoms with Crippen molar-refractivity contribution in [2.45, 2.75) is 19.8 Å². The second kappa shape index (κ2) is 7.49. The summed E-state index contributed by atoms with van der Waals surface area (Å²) in [7, 11) is 0. The number of ketones is 1. The van der Waals surface area contributed by atoms with Gasteiger partial charge in [-0.3, -0.25) is 9.59 Å². The van der Waals surface area contributed by atoms with Gasteiger partial charge in [-0.25, -0.2) is 0 Å². The molecule has 2 N–H and O–H groups in total. The number of rotatable bonds is 7. The first-order chi connectivity index (χ1) is 6.16. The summed E-state index contributed by atoms with van der Waals surface area (Å²) in [4.78, 5) is 20.8. The lowest BCUT2D eigenvalue weighted by molar-refractivity contribution is -0.136. The van der Waals surface area contributed by atoms with Crippen LogP contribution in [0.1, 0.15) is 19.8 Å². The fourth-order valence-corrected chi connectivity index (χ4v) is 0.689. The molecule has 0 atom stereocenters. The molecule has 0 radical (unpaired) electrons. The van der Waals surface area contributed by atoms with E-state index in [0.717, 1.165) is 0 Å². The van der Waals surface area contributed by atoms with Crippen LogP contribution in [0.4, 0.5) is 0 Å². The smallest absolute Gasteiger partial charge is 0.304 e. The highest BCUT2D eigenvalue weighted by Gasteiger charge is 1.93. The lowest BCUT2D eigenvalue weighted by Gasteiger charge is -1.96. The van der Waals surface area contributed by atoms with E-state index in [9.17, 15) is 9.59 Å². The molecular formula is C9H15NO3. The van der Waals surface area contributed by atoms with E-state index in [0.29, 0.717) is 19.5 Å². The summed E-state index contributed by atoms with van der Waals surface area (Å²) in [5.41, 5.74) is 0. The van der Waals surface area contributed by atoms with Crippen molar-refractivity contribution in [3.8, 4) is 0 Å². The molecule has 74 valence electrons. The van der Waals surface area contributed by atoms with E-state index in [2.05, 4.69) is 5.32 Å². The van der Waals surface area contributed by atoms with Crippen molar-refractivity contribution < 1.29 is 14.7 Å². The van der Waals surface area contributed by atoms with Crippen molar-refractivity contribution in [1.82, 2.24) is 5.32 Å². The van der Waals surface area contributed by atoms with E-state index in [4.69, 9.17) is 5.11 Å². The van der Waals surface area contributed by atoms with Crippen molar-refractivity contribution in [3.63, 3.8) is 0 Å². The third-order valence-corrected chi connectivity index (χ3v) is 1.43. The van der Waals surface area contributed by atoms with E-state index >= 15 is 0 Å². The number of carboxylic acids is 1. The number of aliphatic carboxylic acids is 1. The van der Waals surface area contributed by atoms with Gasteiger partial charge in [-0.05, 0) is 6.08 Å². The Bertz CT molecular complexity index is 199. The van der Waals surface area contributed by atoms with Crippen molar-refractivity contribution >= 4 is 11.8 Å². The molecule has 0 heterocycles. The molecule has 0 amide bonds. The molecule has 0 saturated heterocycles. The van der Waals surface area contributed by atoms with Crippen LogP contribution in [0.15, 0.2) is 12.2 Å². The lowest BCUT2D eigenvalue weighted by Crippen LogP contribution is -2.18. The van der Waals surface area contributed by atoms with E-state index in [-0.39, 0.29) is 12.2 Å². The molecule has 0 spiro atoms. The highest BCUT2D eigenvalue weighted by molar-refractivity contribution is 5.89. The van der Waals surface area contributed by atoms with Gasteiger partial charge in [0.2, 0.25) is 0 Å². The molecule has 13 heavy (non-hydrogen) atoms. The van der Waals surface area contributed by atoms with Gasteiger partial charge in [-0.2, -0.15) is 0 Å². The van der Waals surface area contributed by atoms with Gasteiger partial charge in [0.05, 0.1) is 6.42 Å². The van der Waals surface area contributed by atoms with Gasteiger partial charge in [0.15, 0.2) is 5.78 Å². The quantitative estimate of drug-likeness (QED) is 0.450. The van der Waals surface area contributed by atoms with Gasteiger partial charge >= 0.3 is 5.97 Å². The molecule has 0 aromatic heterocycles. The van der Waals surface area contributed by atoms with Crippen molar-refractivity contribution in [2.24, 2.45) is 0 Å². The third-order valence-electron chi connectivity index (χ3n) is 1.43. The van der Waals surface area contributed by atoms with Gasteiger partial charge in [-0.15, -0.1) is 0 Å². The first-order valence-corrected chi connectivity index (χ1v) is 4.28. The number of carbonyl (C=O) groups is 2. The van der Waals surface area contributed by atoms with E-state index in [1.807, 2.05) is 0 Å². The normalized spacial score (nSPS) is 10.5. The van der Waals surface area contributed by atoms with Crippen LogP contribution in [-0.4, -0.2) is 29.9 Å². The summed E-state index contributed by atoms with van der Waals surface area (Å²) in [6.45, 7) is 2.77. The molecule has 4 heteroatoms. The maximum absolute atomic E-state index is 10.7. The van der Waals surface area contributed by atoms with Crippen molar-refractivity contribution in [1.29, 1.82) is 0 Å². The molecule has 0 aromatic rings. The molecule has 4 nitrogen and oxygen atoms in total. The number of allylic oxidation sites excluding steroid dienone is 1. The van der Waals surface area contributed by atoms with Crippen LogP contribution in [0, 0.1) is 0 Å². The minimum Gasteiger partial charge on any atom is -0.481 e. The van der Waals surface area contributed by atoms with E-state index in [1.165, 1.54) is 6.08 Å². The van der Waals surface area contributed by atoms with Gasteiger partial charge in [0.25, 0.3) is 0 Å². The number of hydrogen-bond acceptors (Lipinski definition) is 3. The molecule has 0 bridgehead atoms. The summed E-state index contributed by atoms with van der Waals surface area (Å²) in [5.74, 6) is -0.735. The minimum absolute atomic E-state index is 0.0834. The number of carbonyl (C=O) groups excluding carboxylic acids is 1. The molecule has 0 rings (SSSR count). The molecule has 0 unspecified atom stereocenters. The Labute approximate surface area is 77.6 Å². The Hall–Kier alpha value is -1.16. The van der Waals surface area contributed by atoms with Crippen LogP contribution < -0.4 is 5.32 Å². The van der Waals surface area contributed by atoms with Crippen molar-refractivity contribution in [2.75, 3.05) is 13.1 Å². The maximum Gasteiger partial charge on any atom is 0.304 e. The molecule has 0 aliphatic carbocycles. The monoisotopic (exact) mass is 185 g/mol. The second-order valence-electron chi connectivity index (χ2n) is 2.57. The Morgan fingerprint density at radius 3 is 2.69 bits per heavy atom. The second-order valence-corrected chi connectivity index (χ2v) is 2.57. The van der Waals surface area contributed by atoms with Gasteiger partial charge < -0.3 is 10.4 Å². The van der Waals surface area contributed by atoms with Crippen LogP contribution in [0.25, 0.3) is 0 Å². The van der Waals surface area contributed by atoms with Gasteiger partial charge in [0.1, 0.15) is 0 Å². The fraction of sp³-hybridized carbons (Fsp3) is 0.556. The fourth-order valence-electron chi connectivity index (χ4n) is 0.689. The van der Waals surface area contributed by atoms with Crippen molar-refractivity contribution in [3.05, 3.63) is 12.2 Å². The Kier molecular flexibility index (Phi) is 6.82. The first kappa shape index (κ1) is 11.8. The summed E-state index contributed by atoms with van der Waals surface area (Å²) >= 11 is 0. The molecule has 0 aromatic carbocycles.